The molecule has 0 radical (unpaired) electrons. The Hall–Kier alpha value is -9.26. The highest BCUT2D eigenvalue weighted by Crippen LogP contribution is 2.56. The Morgan fingerprint density at radius 1 is 0.427 bits per heavy atom. The number of para-hydroxylation sites is 2. The molecule has 0 bridgehead atoms. The third kappa shape index (κ3) is 7.09. The fourth-order valence-corrected chi connectivity index (χ4v) is 18.6. The molecule has 0 saturated carbocycles. The summed E-state index contributed by atoms with van der Waals surface area (Å²) in [6.45, 7) is 20.3. The first-order valence-corrected chi connectivity index (χ1v) is 32.5. The third-order valence-corrected chi connectivity index (χ3v) is 22.2. The molecule has 4 aliphatic rings. The molecule has 3 aliphatic heterocycles. The number of rotatable bonds is 10. The van der Waals surface area contributed by atoms with Gasteiger partial charge in [0, 0.05) is 38.1 Å². The minimum Gasteiger partial charge on any atom is -0.456 e. The summed E-state index contributed by atoms with van der Waals surface area (Å²) in [6, 6.07) is 66.3. The number of benzene rings is 10. The molecule has 18 rings (SSSR count). The fourth-order valence-electron chi connectivity index (χ4n) is 18.6. The van der Waals surface area contributed by atoms with E-state index in [1.54, 1.807) is 0 Å². The maximum atomic E-state index is 16.9. The van der Waals surface area contributed by atoms with Gasteiger partial charge in [-0.05, 0) is 169 Å². The van der Waals surface area contributed by atoms with E-state index in [-0.39, 0.29) is 31.6 Å². The number of fused-ring (bicyclic) bond motifs is 15. The topological polar surface area (TPSA) is 53.2 Å². The summed E-state index contributed by atoms with van der Waals surface area (Å²) in [6.07, 6.45) is 5.91. The number of carbonyl (C=O) groups excluding carboxylic acids is 1. The number of hydrogen-bond donors (Lipinski definition) is 0. The molecule has 2 unspecified atom stereocenters. The van der Waals surface area contributed by atoms with Gasteiger partial charge in [-0.2, -0.15) is 0 Å². The van der Waals surface area contributed by atoms with E-state index in [9.17, 15) is 0 Å². The molecule has 0 spiro atoms. The van der Waals surface area contributed by atoms with E-state index in [1.807, 2.05) is 12.1 Å². The normalized spacial score (nSPS) is 15.7. The summed E-state index contributed by atoms with van der Waals surface area (Å²) in [5, 5.41) is 6.22. The van der Waals surface area contributed by atoms with Gasteiger partial charge in [0.05, 0.1) is 11.0 Å². The highest BCUT2D eigenvalue weighted by molar-refractivity contribution is 7.19. The number of aromatic nitrogens is 2. The van der Waals surface area contributed by atoms with Crippen LogP contribution in [0.5, 0.6) is 0 Å². The summed E-state index contributed by atoms with van der Waals surface area (Å²) in [5.74, 6) is 0.436. The van der Waals surface area contributed by atoms with Crippen LogP contribution >= 0.6 is 0 Å². The van der Waals surface area contributed by atoms with Crippen molar-refractivity contribution in [3.63, 3.8) is 0 Å². The predicted octanol–water partition coefficient (Wildman–Crippen LogP) is 14.5. The molecule has 0 amide bonds. The van der Waals surface area contributed by atoms with Crippen LogP contribution in [0.2, 0.25) is 0 Å². The second-order valence-electron chi connectivity index (χ2n) is 27.2. The minimum atomic E-state index is -0.280. The second kappa shape index (κ2) is 18.9. The lowest BCUT2D eigenvalue weighted by atomic mass is 9.15. The van der Waals surface area contributed by atoms with Gasteiger partial charge in [0.15, 0.2) is 0 Å². The standard InChI is InChI=1S/C81H67B3N2O3/c1-10-12-14-23-54(11-2)81(9)63-36-51(50-21-15-13-16-22-50)28-30-55(63)56-31-29-52(37-64(56)81)53-38-65-77-66(39-53)83(74-48(7)34-45(4)35-49(74)8)76-62-43-72-60(58-25-18-20-27-70(58)89-72)41-68(62)86-79(76)84(77)78-75(82(65)73-46(5)32-44(3)33-47(73)6)61-42-71-59(40-67(61)85(78)80(86)87)57-24-17-19-26-69(57)88-71/h13,15-22,24-43,54H,10-12,14,23H2,1-9H3. The summed E-state index contributed by atoms with van der Waals surface area (Å²) in [4.78, 5) is 16.9. The van der Waals surface area contributed by atoms with Crippen LogP contribution in [0.4, 0.5) is 4.79 Å². The Bertz CT molecular complexity index is 5180. The van der Waals surface area contributed by atoms with Crippen molar-refractivity contribution in [3.8, 4) is 33.4 Å². The molecule has 0 saturated heterocycles. The van der Waals surface area contributed by atoms with Gasteiger partial charge in [-0.3, -0.25) is 9.13 Å². The number of hydrogen-bond acceptors (Lipinski definition) is 3. The smallest absolute Gasteiger partial charge is 0.336 e. The summed E-state index contributed by atoms with van der Waals surface area (Å²) >= 11 is 0. The lowest BCUT2D eigenvalue weighted by Crippen LogP contribution is -2.87. The van der Waals surface area contributed by atoms with Gasteiger partial charge < -0.3 is 8.83 Å². The molecular weight excluding hydrogens is 1080 g/mol. The van der Waals surface area contributed by atoms with E-state index in [4.69, 9.17) is 8.83 Å². The zero-order chi connectivity index (χ0) is 60.2. The summed E-state index contributed by atoms with van der Waals surface area (Å²) in [5.41, 5.74) is 34.0. The molecule has 2 atom stereocenters. The first kappa shape index (κ1) is 52.8. The molecule has 4 aromatic heterocycles. The van der Waals surface area contributed by atoms with Crippen LogP contribution < -0.4 is 49.4 Å². The maximum Gasteiger partial charge on any atom is 0.336 e. The van der Waals surface area contributed by atoms with Gasteiger partial charge in [-0.25, -0.2) is 4.79 Å². The Morgan fingerprint density at radius 2 is 0.899 bits per heavy atom. The summed E-state index contributed by atoms with van der Waals surface area (Å²) < 4.78 is 18.0. The van der Waals surface area contributed by atoms with Gasteiger partial charge in [0.2, 0.25) is 13.4 Å². The Kier molecular flexibility index (Phi) is 11.2. The van der Waals surface area contributed by atoms with Gasteiger partial charge in [-0.1, -0.05) is 235 Å². The van der Waals surface area contributed by atoms with Crippen molar-refractivity contribution in [3.05, 3.63) is 220 Å². The molecule has 14 aromatic rings. The molecule has 1 aliphatic carbocycles. The number of carbonyl (C=O) groups is 1. The van der Waals surface area contributed by atoms with E-state index >= 15 is 4.79 Å². The molecule has 5 nitrogen and oxygen atoms in total. The van der Waals surface area contributed by atoms with Crippen molar-refractivity contribution in [1.82, 2.24) is 9.13 Å². The van der Waals surface area contributed by atoms with Crippen LogP contribution in [0.15, 0.2) is 185 Å². The van der Waals surface area contributed by atoms with Crippen LogP contribution in [-0.2, 0) is 5.41 Å². The zero-order valence-corrected chi connectivity index (χ0v) is 52.2. The summed E-state index contributed by atoms with van der Waals surface area (Å²) in [7, 11) is 0. The average Bonchev–Trinajstić information content (AvgIpc) is 1.54. The number of aryl methyl sites for hydroxylation is 6. The van der Waals surface area contributed by atoms with E-state index in [1.165, 1.54) is 142 Å². The molecule has 0 fully saturated rings. The quantitative estimate of drug-likeness (QED) is 0.101. The molecule has 7 heterocycles. The number of nitrogens with zero attached hydrogens (tertiary/aromatic N) is 2. The van der Waals surface area contributed by atoms with Crippen LogP contribution in [0, 0.1) is 47.5 Å². The van der Waals surface area contributed by atoms with Crippen LogP contribution in [0.1, 0.15) is 97.4 Å². The van der Waals surface area contributed by atoms with E-state index < -0.39 is 0 Å². The van der Waals surface area contributed by atoms with Crippen LogP contribution in [0.25, 0.3) is 99.1 Å². The highest BCUT2D eigenvalue weighted by atomic mass is 16.3. The van der Waals surface area contributed by atoms with Crippen LogP contribution in [-0.4, -0.2) is 35.3 Å². The van der Waals surface area contributed by atoms with Gasteiger partial charge >= 0.3 is 6.03 Å². The van der Waals surface area contributed by atoms with Crippen molar-refractivity contribution in [1.29, 1.82) is 0 Å². The van der Waals surface area contributed by atoms with E-state index in [2.05, 4.69) is 235 Å². The first-order chi connectivity index (χ1) is 43.3. The van der Waals surface area contributed by atoms with Gasteiger partial charge in [0.1, 0.15) is 22.3 Å². The minimum absolute atomic E-state index is 0.0491. The molecule has 428 valence electrons. The van der Waals surface area contributed by atoms with E-state index in [0.717, 1.165) is 83.3 Å². The lowest BCUT2D eigenvalue weighted by Gasteiger charge is -2.41. The van der Waals surface area contributed by atoms with E-state index in [0.29, 0.717) is 5.92 Å². The third-order valence-electron chi connectivity index (χ3n) is 22.2. The fraction of sp³-hybridized carbons (Fsp3) is 0.198. The Labute approximate surface area is 520 Å². The SMILES string of the molecule is CCCCCC(CC)C1(C)c2cc(-c3ccccc3)ccc2-c2ccc(-c3cc4c5c(c3)B(c3c(C)cc(C)cc3C)c3c6n(c7cc8c(cc37)oc3ccccc38)C(=O)n3c(c(c7cc8oc9ccccc9c8cc73)B4c3c(C)cc(C)cc3C)B56)cc21. The lowest BCUT2D eigenvalue weighted by molar-refractivity contribution is 0.246. The van der Waals surface area contributed by atoms with Crippen molar-refractivity contribution < 1.29 is 13.6 Å². The molecule has 0 N–H and O–H groups in total. The van der Waals surface area contributed by atoms with Gasteiger partial charge in [-0.15, -0.1) is 0 Å². The highest BCUT2D eigenvalue weighted by Gasteiger charge is 2.56. The molecule has 89 heavy (non-hydrogen) atoms. The predicted molar refractivity (Wildman–Crippen MR) is 377 cm³/mol. The van der Waals surface area contributed by atoms with Crippen molar-refractivity contribution in [2.45, 2.75) is 99.8 Å². The first-order valence-electron chi connectivity index (χ1n) is 32.5. The molecule has 8 heteroatoms. The maximum absolute atomic E-state index is 16.9. The van der Waals surface area contributed by atoms with Crippen molar-refractivity contribution in [2.75, 3.05) is 0 Å². The molecular formula is C81H67B3N2O3. The Morgan fingerprint density at radius 3 is 1.38 bits per heavy atom. The second-order valence-corrected chi connectivity index (χ2v) is 27.2. The van der Waals surface area contributed by atoms with Gasteiger partial charge in [0.25, 0.3) is 6.71 Å². The zero-order valence-electron chi connectivity index (χ0n) is 52.2. The van der Waals surface area contributed by atoms with Crippen LogP contribution in [0.3, 0.4) is 0 Å². The monoisotopic (exact) mass is 1150 g/mol. The number of unbranched alkanes of at least 4 members (excludes halogenated alkanes) is 2. The largest absolute Gasteiger partial charge is 0.456 e. The van der Waals surface area contributed by atoms with Crippen molar-refractivity contribution in [2.24, 2.45) is 5.92 Å². The average molecular weight is 1150 g/mol. The number of furan rings is 2. The van der Waals surface area contributed by atoms with Crippen molar-refractivity contribution >= 4 is 141 Å². The molecule has 10 aromatic carbocycles. The Balaban J connectivity index is 0.985.